The first-order chi connectivity index (χ1) is 13.2. The van der Waals surface area contributed by atoms with Crippen LogP contribution in [0.5, 0.6) is 5.75 Å². The standard InChI is InChI=1S/C21H27N3O3S/c1-13(2)17-18-19(28-12-23-18)15-8-7-14(11-16(15)24-17)26-10-6-9-22-20(25)27-21(3,4)5/h7-8,11-13H,6,9-10H2,1-5H3,(H,22,25). The third-order valence-electron chi connectivity index (χ3n) is 4.07. The van der Waals surface area contributed by atoms with Crippen molar-refractivity contribution < 1.29 is 14.3 Å². The number of aromatic nitrogens is 2. The lowest BCUT2D eigenvalue weighted by Crippen LogP contribution is -2.33. The van der Waals surface area contributed by atoms with Crippen molar-refractivity contribution in [3.05, 3.63) is 29.4 Å². The van der Waals surface area contributed by atoms with Crippen LogP contribution < -0.4 is 10.1 Å². The highest BCUT2D eigenvalue weighted by atomic mass is 32.1. The Morgan fingerprint density at radius 1 is 1.29 bits per heavy atom. The zero-order valence-corrected chi connectivity index (χ0v) is 17.9. The number of alkyl carbamates (subject to hydrolysis) is 1. The molecule has 6 nitrogen and oxygen atoms in total. The van der Waals surface area contributed by atoms with Gasteiger partial charge in [-0.15, -0.1) is 11.3 Å². The lowest BCUT2D eigenvalue weighted by atomic mass is 10.1. The van der Waals surface area contributed by atoms with Gasteiger partial charge in [0.15, 0.2) is 0 Å². The molecule has 1 aromatic carbocycles. The van der Waals surface area contributed by atoms with E-state index in [4.69, 9.17) is 14.5 Å². The molecule has 0 aliphatic rings. The van der Waals surface area contributed by atoms with E-state index < -0.39 is 11.7 Å². The molecule has 0 spiro atoms. The molecule has 0 saturated carbocycles. The number of thiazole rings is 1. The normalized spacial score (nSPS) is 11.9. The van der Waals surface area contributed by atoms with Gasteiger partial charge in [-0.1, -0.05) is 13.8 Å². The van der Waals surface area contributed by atoms with E-state index in [2.05, 4.69) is 24.1 Å². The molecule has 0 unspecified atom stereocenters. The summed E-state index contributed by atoms with van der Waals surface area (Å²) in [6.45, 7) is 10.8. The van der Waals surface area contributed by atoms with Crippen LogP contribution in [-0.2, 0) is 4.74 Å². The number of benzene rings is 1. The maximum absolute atomic E-state index is 11.6. The van der Waals surface area contributed by atoms with Crippen LogP contribution in [0.25, 0.3) is 21.1 Å². The van der Waals surface area contributed by atoms with Crippen LogP contribution in [0, 0.1) is 0 Å². The molecule has 3 rings (SSSR count). The molecule has 0 radical (unpaired) electrons. The molecule has 2 heterocycles. The minimum absolute atomic E-state index is 0.303. The molecule has 2 aromatic heterocycles. The topological polar surface area (TPSA) is 73.3 Å². The molecule has 7 heteroatoms. The third-order valence-corrected chi connectivity index (χ3v) is 4.93. The fourth-order valence-corrected chi connectivity index (χ4v) is 3.69. The number of carbonyl (C=O) groups is 1. The second-order valence-corrected chi connectivity index (χ2v) is 8.85. The Morgan fingerprint density at radius 2 is 2.07 bits per heavy atom. The number of fused-ring (bicyclic) bond motifs is 3. The van der Waals surface area contributed by atoms with Crippen LogP contribution in [0.4, 0.5) is 4.79 Å². The molecule has 28 heavy (non-hydrogen) atoms. The minimum Gasteiger partial charge on any atom is -0.493 e. The third kappa shape index (κ3) is 4.90. The highest BCUT2D eigenvalue weighted by Crippen LogP contribution is 2.33. The molecule has 0 fully saturated rings. The fourth-order valence-electron chi connectivity index (χ4n) is 2.86. The quantitative estimate of drug-likeness (QED) is 0.570. The SMILES string of the molecule is CC(C)c1nc2cc(OCCCNC(=O)OC(C)(C)C)ccc2c2scnc12. The van der Waals surface area contributed by atoms with Gasteiger partial charge in [0.2, 0.25) is 0 Å². The molecular weight excluding hydrogens is 374 g/mol. The van der Waals surface area contributed by atoms with Gasteiger partial charge in [0.1, 0.15) is 16.9 Å². The summed E-state index contributed by atoms with van der Waals surface area (Å²) < 4.78 is 12.2. The Morgan fingerprint density at radius 3 is 2.79 bits per heavy atom. The largest absolute Gasteiger partial charge is 0.493 e. The van der Waals surface area contributed by atoms with Crippen molar-refractivity contribution in [2.24, 2.45) is 0 Å². The Kier molecular flexibility index (Phi) is 6.03. The van der Waals surface area contributed by atoms with Gasteiger partial charge in [-0.2, -0.15) is 0 Å². The van der Waals surface area contributed by atoms with Gasteiger partial charge < -0.3 is 14.8 Å². The zero-order chi connectivity index (χ0) is 20.3. The number of nitrogens with one attached hydrogen (secondary N) is 1. The van der Waals surface area contributed by atoms with E-state index in [0.717, 1.165) is 27.9 Å². The minimum atomic E-state index is -0.489. The number of rotatable bonds is 6. The number of carbonyl (C=O) groups excluding carboxylic acids is 1. The monoisotopic (exact) mass is 401 g/mol. The van der Waals surface area contributed by atoms with Crippen LogP contribution in [0.3, 0.4) is 0 Å². The first-order valence-corrected chi connectivity index (χ1v) is 10.4. The van der Waals surface area contributed by atoms with Crippen LogP contribution >= 0.6 is 11.3 Å². The average Bonchev–Trinajstić information content (AvgIpc) is 3.08. The van der Waals surface area contributed by atoms with Crippen molar-refractivity contribution in [1.29, 1.82) is 0 Å². The average molecular weight is 402 g/mol. The maximum atomic E-state index is 11.6. The molecule has 0 aliphatic carbocycles. The van der Waals surface area contributed by atoms with Gasteiger partial charge in [-0.05, 0) is 45.2 Å². The fraction of sp³-hybridized carbons (Fsp3) is 0.476. The smallest absolute Gasteiger partial charge is 0.407 e. The van der Waals surface area contributed by atoms with E-state index in [1.54, 1.807) is 11.3 Å². The molecule has 0 aliphatic heterocycles. The molecule has 0 bridgehead atoms. The van der Waals surface area contributed by atoms with Crippen LogP contribution in [0.1, 0.15) is 52.7 Å². The number of hydrogen-bond acceptors (Lipinski definition) is 6. The van der Waals surface area contributed by atoms with Crippen molar-refractivity contribution >= 4 is 38.5 Å². The van der Waals surface area contributed by atoms with Crippen LogP contribution in [-0.4, -0.2) is 34.8 Å². The van der Waals surface area contributed by atoms with Crippen LogP contribution in [0.2, 0.25) is 0 Å². The van der Waals surface area contributed by atoms with E-state index in [0.29, 0.717) is 25.5 Å². The molecule has 150 valence electrons. The molecule has 1 amide bonds. The Balaban J connectivity index is 1.62. The van der Waals surface area contributed by atoms with Crippen molar-refractivity contribution in [3.8, 4) is 5.75 Å². The summed E-state index contributed by atoms with van der Waals surface area (Å²) in [6, 6.07) is 5.97. The number of amides is 1. The van der Waals surface area contributed by atoms with Gasteiger partial charge in [-0.25, -0.2) is 9.78 Å². The highest BCUT2D eigenvalue weighted by molar-refractivity contribution is 7.17. The van der Waals surface area contributed by atoms with E-state index in [1.807, 2.05) is 44.5 Å². The number of pyridine rings is 1. The summed E-state index contributed by atoms with van der Waals surface area (Å²) in [5, 5.41) is 3.83. The summed E-state index contributed by atoms with van der Waals surface area (Å²) >= 11 is 1.64. The second-order valence-electron chi connectivity index (χ2n) is 7.99. The first kappa shape index (κ1) is 20.3. The lowest BCUT2D eigenvalue weighted by Gasteiger charge is -2.19. The van der Waals surface area contributed by atoms with Gasteiger partial charge in [0.05, 0.1) is 28.0 Å². The lowest BCUT2D eigenvalue weighted by molar-refractivity contribution is 0.0525. The van der Waals surface area contributed by atoms with Gasteiger partial charge >= 0.3 is 6.09 Å². The Hall–Kier alpha value is -2.41. The van der Waals surface area contributed by atoms with Gasteiger partial charge in [0, 0.05) is 18.0 Å². The predicted molar refractivity (Wildman–Crippen MR) is 113 cm³/mol. The van der Waals surface area contributed by atoms with Crippen LogP contribution in [0.15, 0.2) is 23.7 Å². The molecule has 0 atom stereocenters. The number of hydrogen-bond donors (Lipinski definition) is 1. The van der Waals surface area contributed by atoms with E-state index >= 15 is 0 Å². The van der Waals surface area contributed by atoms with Crippen molar-refractivity contribution in [2.75, 3.05) is 13.2 Å². The second kappa shape index (κ2) is 8.31. The number of ether oxygens (including phenoxy) is 2. The first-order valence-electron chi connectivity index (χ1n) is 9.51. The Bertz CT molecular complexity index is 976. The molecular formula is C21H27N3O3S. The maximum Gasteiger partial charge on any atom is 0.407 e. The summed E-state index contributed by atoms with van der Waals surface area (Å²) in [6.07, 6.45) is 0.285. The van der Waals surface area contributed by atoms with E-state index in [-0.39, 0.29) is 0 Å². The molecule has 1 N–H and O–H groups in total. The molecule has 3 aromatic rings. The number of nitrogens with zero attached hydrogens (tertiary/aromatic N) is 2. The summed E-state index contributed by atoms with van der Waals surface area (Å²) in [7, 11) is 0. The molecule has 0 saturated heterocycles. The summed E-state index contributed by atoms with van der Waals surface area (Å²) in [5.74, 6) is 1.08. The van der Waals surface area contributed by atoms with Crippen molar-refractivity contribution in [2.45, 2.75) is 52.6 Å². The highest BCUT2D eigenvalue weighted by Gasteiger charge is 2.16. The van der Waals surface area contributed by atoms with Crippen molar-refractivity contribution in [1.82, 2.24) is 15.3 Å². The van der Waals surface area contributed by atoms with Crippen molar-refractivity contribution in [3.63, 3.8) is 0 Å². The van der Waals surface area contributed by atoms with Gasteiger partial charge in [-0.3, -0.25) is 4.98 Å². The summed E-state index contributed by atoms with van der Waals surface area (Å²) in [5.41, 5.74) is 4.32. The predicted octanol–water partition coefficient (Wildman–Crippen LogP) is 5.26. The van der Waals surface area contributed by atoms with Gasteiger partial charge in [0.25, 0.3) is 0 Å². The van der Waals surface area contributed by atoms with E-state index in [9.17, 15) is 4.79 Å². The van der Waals surface area contributed by atoms with E-state index in [1.165, 1.54) is 4.70 Å². The Labute approximate surface area is 169 Å². The zero-order valence-electron chi connectivity index (χ0n) is 17.0. The summed E-state index contributed by atoms with van der Waals surface area (Å²) in [4.78, 5) is 21.0.